The molecule has 0 unspecified atom stereocenters. The zero-order valence-corrected chi connectivity index (χ0v) is 17.9. The third kappa shape index (κ3) is 3.34. The Bertz CT molecular complexity index is 1300. The quantitative estimate of drug-likeness (QED) is 0.631. The Morgan fingerprint density at radius 1 is 1.26 bits per heavy atom. The average molecular weight is 440 g/mol. The minimum atomic E-state index is -3.65. The Kier molecular flexibility index (Phi) is 4.33. The molecule has 0 radical (unpaired) electrons. The van der Waals surface area contributed by atoms with Gasteiger partial charge in [0.05, 0.1) is 22.3 Å². The van der Waals surface area contributed by atoms with Gasteiger partial charge in [-0.05, 0) is 43.4 Å². The fourth-order valence-electron chi connectivity index (χ4n) is 4.06. The number of rotatable bonds is 5. The van der Waals surface area contributed by atoms with Crippen molar-refractivity contribution in [2.75, 3.05) is 12.0 Å². The van der Waals surface area contributed by atoms with E-state index in [2.05, 4.69) is 20.1 Å². The topological polar surface area (TPSA) is 137 Å². The first-order chi connectivity index (χ1) is 14.7. The number of anilines is 1. The minimum Gasteiger partial charge on any atom is -0.381 e. The van der Waals surface area contributed by atoms with E-state index >= 15 is 0 Å². The number of carbonyl (C=O) groups is 1. The van der Waals surface area contributed by atoms with Gasteiger partial charge in [0.2, 0.25) is 0 Å². The normalized spacial score (nSPS) is 17.1. The van der Waals surface area contributed by atoms with Crippen LogP contribution in [0.25, 0.3) is 17.1 Å². The van der Waals surface area contributed by atoms with Gasteiger partial charge in [-0.15, -0.1) is 0 Å². The summed E-state index contributed by atoms with van der Waals surface area (Å²) in [5.74, 6) is 0.704. The van der Waals surface area contributed by atoms with Crippen molar-refractivity contribution < 1.29 is 13.2 Å². The third-order valence-electron chi connectivity index (χ3n) is 5.91. The van der Waals surface area contributed by atoms with Crippen LogP contribution in [0.5, 0.6) is 0 Å². The molecule has 1 amide bonds. The summed E-state index contributed by atoms with van der Waals surface area (Å²) in [6.07, 6.45) is 7.58. The van der Waals surface area contributed by atoms with E-state index in [-0.39, 0.29) is 34.0 Å². The van der Waals surface area contributed by atoms with Crippen LogP contribution in [-0.4, -0.2) is 56.3 Å². The van der Waals surface area contributed by atoms with E-state index in [1.165, 1.54) is 29.6 Å². The standard InChI is InChI=1S/C20H21N7O3S/c1-11(12-3-4-12)26-8-14-5-13(6-16(31(2,29)30)17(14)20(26)28)15-7-23-18(21)19(25-15)27-10-22-9-24-27/h5-7,9-12H,3-4,8H2,1-2H3,(H2,21,23)/t11-/m0/s1. The number of nitrogens with two attached hydrogens (primary N) is 1. The fraction of sp³-hybridized carbons (Fsp3) is 0.350. The Labute approximate surface area is 179 Å². The van der Waals surface area contributed by atoms with Crippen molar-refractivity contribution in [1.82, 2.24) is 29.6 Å². The largest absolute Gasteiger partial charge is 0.381 e. The summed E-state index contributed by atoms with van der Waals surface area (Å²) in [7, 11) is -3.65. The Balaban J connectivity index is 1.64. The molecule has 0 spiro atoms. The molecule has 1 saturated carbocycles. The lowest BCUT2D eigenvalue weighted by Gasteiger charge is -2.24. The molecule has 11 heteroatoms. The molecule has 1 atom stereocenters. The lowest BCUT2D eigenvalue weighted by Crippen LogP contribution is -2.35. The van der Waals surface area contributed by atoms with Crippen LogP contribution in [0.3, 0.4) is 0 Å². The van der Waals surface area contributed by atoms with Crippen molar-refractivity contribution in [3.63, 3.8) is 0 Å². The van der Waals surface area contributed by atoms with E-state index in [1.807, 2.05) is 13.0 Å². The van der Waals surface area contributed by atoms with Gasteiger partial charge in [-0.3, -0.25) is 4.79 Å². The maximum atomic E-state index is 13.1. The molecule has 10 nitrogen and oxygen atoms in total. The molecule has 1 fully saturated rings. The molecule has 2 aromatic heterocycles. The number of hydrogen-bond acceptors (Lipinski definition) is 8. The van der Waals surface area contributed by atoms with E-state index < -0.39 is 9.84 Å². The highest BCUT2D eigenvalue weighted by Crippen LogP contribution is 2.40. The predicted octanol–water partition coefficient (Wildman–Crippen LogP) is 1.46. The fourth-order valence-corrected chi connectivity index (χ4v) is 4.99. The summed E-state index contributed by atoms with van der Waals surface area (Å²) in [4.78, 5) is 27.5. The highest BCUT2D eigenvalue weighted by molar-refractivity contribution is 7.90. The first-order valence-corrected chi connectivity index (χ1v) is 11.8. The van der Waals surface area contributed by atoms with Crippen molar-refractivity contribution in [3.8, 4) is 17.1 Å². The maximum Gasteiger partial charge on any atom is 0.256 e. The van der Waals surface area contributed by atoms with Gasteiger partial charge < -0.3 is 10.6 Å². The van der Waals surface area contributed by atoms with Gasteiger partial charge in [0.1, 0.15) is 12.7 Å². The van der Waals surface area contributed by atoms with Gasteiger partial charge >= 0.3 is 0 Å². The molecule has 1 aliphatic carbocycles. The SMILES string of the molecule is C[C@@H](C1CC1)N1Cc2cc(-c3cnc(N)c(-n4cncn4)n3)cc(S(C)(=O)=O)c2C1=O. The lowest BCUT2D eigenvalue weighted by atomic mass is 10.0. The summed E-state index contributed by atoms with van der Waals surface area (Å²) < 4.78 is 26.6. The number of aromatic nitrogens is 5. The third-order valence-corrected chi connectivity index (χ3v) is 7.03. The number of carbonyl (C=O) groups excluding carboxylic acids is 1. The van der Waals surface area contributed by atoms with Gasteiger partial charge in [0, 0.05) is 24.4 Å². The van der Waals surface area contributed by atoms with Gasteiger partial charge in [-0.25, -0.2) is 23.4 Å². The Morgan fingerprint density at radius 3 is 2.68 bits per heavy atom. The highest BCUT2D eigenvalue weighted by atomic mass is 32.2. The molecule has 2 aliphatic rings. The smallest absolute Gasteiger partial charge is 0.256 e. The number of nitrogen functional groups attached to an aromatic ring is 1. The lowest BCUT2D eigenvalue weighted by molar-refractivity contribution is 0.0694. The van der Waals surface area contributed by atoms with E-state index in [9.17, 15) is 13.2 Å². The molecule has 0 bridgehead atoms. The van der Waals surface area contributed by atoms with E-state index in [0.29, 0.717) is 29.3 Å². The molecule has 1 aliphatic heterocycles. The highest BCUT2D eigenvalue weighted by Gasteiger charge is 2.40. The summed E-state index contributed by atoms with van der Waals surface area (Å²) in [6, 6.07) is 3.38. The van der Waals surface area contributed by atoms with Gasteiger partial charge in [0.15, 0.2) is 21.5 Å². The number of fused-ring (bicyclic) bond motifs is 1. The predicted molar refractivity (Wildman–Crippen MR) is 112 cm³/mol. The second-order valence-electron chi connectivity index (χ2n) is 8.10. The van der Waals surface area contributed by atoms with Crippen LogP contribution >= 0.6 is 0 Å². The van der Waals surface area contributed by atoms with Crippen LogP contribution in [0.4, 0.5) is 5.82 Å². The zero-order chi connectivity index (χ0) is 21.9. The van der Waals surface area contributed by atoms with Crippen molar-refractivity contribution in [3.05, 3.63) is 42.1 Å². The number of sulfone groups is 1. The van der Waals surface area contributed by atoms with Gasteiger partial charge in [-0.2, -0.15) is 9.78 Å². The first-order valence-electron chi connectivity index (χ1n) is 9.90. The first kappa shape index (κ1) is 19.6. The average Bonchev–Trinajstić information content (AvgIpc) is 3.33. The van der Waals surface area contributed by atoms with Crippen molar-refractivity contribution in [2.45, 2.75) is 37.2 Å². The number of hydrogen-bond donors (Lipinski definition) is 1. The summed E-state index contributed by atoms with van der Waals surface area (Å²) in [5.41, 5.74) is 7.85. The number of amides is 1. The van der Waals surface area contributed by atoms with Gasteiger partial charge in [0.25, 0.3) is 5.91 Å². The number of nitrogens with zero attached hydrogens (tertiary/aromatic N) is 6. The van der Waals surface area contributed by atoms with Crippen LogP contribution in [0, 0.1) is 5.92 Å². The molecular weight excluding hydrogens is 418 g/mol. The molecule has 160 valence electrons. The molecule has 31 heavy (non-hydrogen) atoms. The van der Waals surface area contributed by atoms with Crippen LogP contribution in [-0.2, 0) is 16.4 Å². The summed E-state index contributed by atoms with van der Waals surface area (Å²) in [5, 5.41) is 4.03. The Morgan fingerprint density at radius 2 is 2.03 bits per heavy atom. The van der Waals surface area contributed by atoms with E-state index in [1.54, 1.807) is 4.90 Å². The second-order valence-corrected chi connectivity index (χ2v) is 10.1. The molecule has 5 rings (SSSR count). The Hall–Kier alpha value is -3.34. The van der Waals surface area contributed by atoms with Crippen molar-refractivity contribution in [2.24, 2.45) is 5.92 Å². The molecule has 1 aromatic carbocycles. The summed E-state index contributed by atoms with van der Waals surface area (Å²) in [6.45, 7) is 2.40. The zero-order valence-electron chi connectivity index (χ0n) is 17.1. The summed E-state index contributed by atoms with van der Waals surface area (Å²) >= 11 is 0. The van der Waals surface area contributed by atoms with E-state index in [0.717, 1.165) is 19.1 Å². The molecule has 3 heterocycles. The molecule has 0 saturated heterocycles. The van der Waals surface area contributed by atoms with Crippen LogP contribution in [0.15, 0.2) is 35.9 Å². The molecule has 2 N–H and O–H groups in total. The van der Waals surface area contributed by atoms with Crippen molar-refractivity contribution in [1.29, 1.82) is 0 Å². The minimum absolute atomic E-state index is 0.0106. The second kappa shape index (κ2) is 6.84. The molecular formula is C20H21N7O3S. The molecule has 3 aromatic rings. The number of benzene rings is 1. The monoisotopic (exact) mass is 439 g/mol. The van der Waals surface area contributed by atoms with Crippen molar-refractivity contribution >= 4 is 21.6 Å². The maximum absolute atomic E-state index is 13.1. The van der Waals surface area contributed by atoms with Gasteiger partial charge in [-0.1, -0.05) is 0 Å². The van der Waals surface area contributed by atoms with Crippen LogP contribution < -0.4 is 5.73 Å². The van der Waals surface area contributed by atoms with Crippen LogP contribution in [0.1, 0.15) is 35.7 Å². The van der Waals surface area contributed by atoms with Crippen LogP contribution in [0.2, 0.25) is 0 Å². The van der Waals surface area contributed by atoms with E-state index in [4.69, 9.17) is 5.73 Å².